The van der Waals surface area contributed by atoms with E-state index in [0.29, 0.717) is 0 Å². The molecule has 0 aromatic heterocycles. The Labute approximate surface area is 86.2 Å². The Morgan fingerprint density at radius 2 is 2.00 bits per heavy atom. The van der Waals surface area contributed by atoms with Crippen molar-refractivity contribution in [1.29, 1.82) is 0 Å². The number of alkyl halides is 2. The quantitative estimate of drug-likeness (QED) is 0.719. The summed E-state index contributed by atoms with van der Waals surface area (Å²) >= 11 is 0. The van der Waals surface area contributed by atoms with Gasteiger partial charge in [-0.15, -0.1) is 0 Å². The average Bonchev–Trinajstić information content (AvgIpc) is 2.17. The minimum atomic E-state index is -2.63. The Hall–Kier alpha value is -1.20. The van der Waals surface area contributed by atoms with Crippen LogP contribution in [0.2, 0.25) is 0 Å². The van der Waals surface area contributed by atoms with Crippen LogP contribution in [0.5, 0.6) is 5.75 Å². The van der Waals surface area contributed by atoms with E-state index in [0.717, 1.165) is 6.07 Å². The molecular formula is C10H13F2NO2. The van der Waals surface area contributed by atoms with E-state index >= 15 is 0 Å². The zero-order valence-corrected chi connectivity index (χ0v) is 8.03. The monoisotopic (exact) mass is 217 g/mol. The lowest BCUT2D eigenvalue weighted by molar-refractivity contribution is 0.149. The second kappa shape index (κ2) is 5.04. The van der Waals surface area contributed by atoms with Crippen LogP contribution in [-0.2, 0) is 0 Å². The van der Waals surface area contributed by atoms with Crippen molar-refractivity contribution in [3.8, 4) is 5.75 Å². The van der Waals surface area contributed by atoms with Crippen LogP contribution >= 0.6 is 0 Å². The molecule has 0 radical (unpaired) electrons. The molecule has 0 saturated heterocycles. The molecular weight excluding hydrogens is 204 g/mol. The first-order valence-corrected chi connectivity index (χ1v) is 4.55. The van der Waals surface area contributed by atoms with E-state index in [9.17, 15) is 19.0 Å². The molecule has 15 heavy (non-hydrogen) atoms. The number of rotatable bonds is 4. The summed E-state index contributed by atoms with van der Waals surface area (Å²) < 4.78 is 24.5. The normalized spacial score (nSPS) is 13.1. The lowest BCUT2D eigenvalue weighted by Gasteiger charge is -2.12. The largest absolute Gasteiger partial charge is 0.508 e. The van der Waals surface area contributed by atoms with E-state index in [1.54, 1.807) is 0 Å². The lowest BCUT2D eigenvalue weighted by Crippen LogP contribution is -2.07. The fraction of sp³-hybridized carbons (Fsp3) is 0.400. The average molecular weight is 217 g/mol. The molecule has 0 heterocycles. The maximum absolute atomic E-state index is 12.2. The Kier molecular flexibility index (Phi) is 3.99. The van der Waals surface area contributed by atoms with Gasteiger partial charge in [-0.3, -0.25) is 0 Å². The van der Waals surface area contributed by atoms with Crippen molar-refractivity contribution in [1.82, 2.24) is 0 Å². The SMILES string of the molecule is NCCC(O)c1ccc(C(F)F)cc1O. The molecule has 1 aromatic carbocycles. The van der Waals surface area contributed by atoms with Crippen molar-refractivity contribution < 1.29 is 19.0 Å². The second-order valence-corrected chi connectivity index (χ2v) is 3.21. The van der Waals surface area contributed by atoms with Gasteiger partial charge in [0.05, 0.1) is 6.10 Å². The molecule has 0 saturated carbocycles. The van der Waals surface area contributed by atoms with Crippen molar-refractivity contribution in [2.75, 3.05) is 6.54 Å². The first-order valence-electron chi connectivity index (χ1n) is 4.55. The van der Waals surface area contributed by atoms with Crippen LogP contribution in [0.15, 0.2) is 18.2 Å². The van der Waals surface area contributed by atoms with Crippen LogP contribution in [0.4, 0.5) is 8.78 Å². The number of aliphatic hydroxyl groups excluding tert-OH is 1. The number of phenolic OH excluding ortho intramolecular Hbond substituents is 1. The molecule has 1 unspecified atom stereocenters. The third-order valence-corrected chi connectivity index (χ3v) is 2.11. The highest BCUT2D eigenvalue weighted by Gasteiger charge is 2.14. The van der Waals surface area contributed by atoms with Crippen molar-refractivity contribution in [3.05, 3.63) is 29.3 Å². The van der Waals surface area contributed by atoms with Crippen LogP contribution in [0, 0.1) is 0 Å². The zero-order chi connectivity index (χ0) is 11.4. The summed E-state index contributed by atoms with van der Waals surface area (Å²) in [5.74, 6) is -0.325. The number of phenols is 1. The van der Waals surface area contributed by atoms with Crippen LogP contribution in [0.25, 0.3) is 0 Å². The smallest absolute Gasteiger partial charge is 0.263 e. The highest BCUT2D eigenvalue weighted by molar-refractivity contribution is 5.38. The first kappa shape index (κ1) is 11.9. The molecule has 0 amide bonds. The molecule has 3 nitrogen and oxygen atoms in total. The van der Waals surface area contributed by atoms with Gasteiger partial charge in [0.1, 0.15) is 5.75 Å². The Morgan fingerprint density at radius 1 is 1.33 bits per heavy atom. The lowest BCUT2D eigenvalue weighted by atomic mass is 10.0. The van der Waals surface area contributed by atoms with Crippen LogP contribution < -0.4 is 5.73 Å². The molecule has 1 atom stereocenters. The molecule has 0 spiro atoms. The maximum Gasteiger partial charge on any atom is 0.263 e. The number of hydrogen-bond acceptors (Lipinski definition) is 3. The Bertz CT molecular complexity index is 331. The van der Waals surface area contributed by atoms with Gasteiger partial charge in [-0.25, -0.2) is 8.78 Å². The van der Waals surface area contributed by atoms with E-state index in [1.807, 2.05) is 0 Å². The second-order valence-electron chi connectivity index (χ2n) is 3.21. The van der Waals surface area contributed by atoms with Gasteiger partial charge in [0.25, 0.3) is 6.43 Å². The molecule has 1 aromatic rings. The maximum atomic E-state index is 12.2. The fourth-order valence-corrected chi connectivity index (χ4v) is 1.29. The third kappa shape index (κ3) is 2.87. The molecule has 0 aliphatic rings. The predicted octanol–water partition coefficient (Wildman–Crippen LogP) is 1.71. The summed E-state index contributed by atoms with van der Waals surface area (Å²) in [6.07, 6.45) is -3.26. The molecule has 0 bridgehead atoms. The van der Waals surface area contributed by atoms with Crippen molar-refractivity contribution in [3.63, 3.8) is 0 Å². The van der Waals surface area contributed by atoms with Gasteiger partial charge in [0.15, 0.2) is 0 Å². The molecule has 4 N–H and O–H groups in total. The summed E-state index contributed by atoms with van der Waals surface area (Å²) in [5, 5.41) is 18.9. The van der Waals surface area contributed by atoms with Crippen LogP contribution in [-0.4, -0.2) is 16.8 Å². The van der Waals surface area contributed by atoms with Gasteiger partial charge in [-0.05, 0) is 19.0 Å². The molecule has 5 heteroatoms. The van der Waals surface area contributed by atoms with E-state index in [2.05, 4.69) is 0 Å². The number of benzene rings is 1. The van der Waals surface area contributed by atoms with Crippen molar-refractivity contribution >= 4 is 0 Å². The standard InChI is InChI=1S/C10H13F2NO2/c11-10(12)6-1-2-7(9(15)5-6)8(14)3-4-13/h1-2,5,8,10,14-15H,3-4,13H2. The molecule has 0 fully saturated rings. The topological polar surface area (TPSA) is 66.5 Å². The summed E-state index contributed by atoms with van der Waals surface area (Å²) in [6, 6.07) is 3.43. The zero-order valence-electron chi connectivity index (χ0n) is 8.03. The van der Waals surface area contributed by atoms with Gasteiger partial charge in [0, 0.05) is 11.1 Å². The van der Waals surface area contributed by atoms with E-state index in [-0.39, 0.29) is 29.8 Å². The van der Waals surface area contributed by atoms with Gasteiger partial charge in [-0.1, -0.05) is 12.1 Å². The third-order valence-electron chi connectivity index (χ3n) is 2.11. The van der Waals surface area contributed by atoms with Gasteiger partial charge < -0.3 is 15.9 Å². The number of halogens is 2. The Balaban J connectivity index is 2.92. The van der Waals surface area contributed by atoms with Crippen LogP contribution in [0.3, 0.4) is 0 Å². The van der Waals surface area contributed by atoms with Crippen LogP contribution in [0.1, 0.15) is 30.1 Å². The summed E-state index contributed by atoms with van der Waals surface area (Å²) in [7, 11) is 0. The number of aliphatic hydroxyl groups is 1. The Morgan fingerprint density at radius 3 is 2.47 bits per heavy atom. The summed E-state index contributed by atoms with van der Waals surface area (Å²) in [6.45, 7) is 0.261. The van der Waals surface area contributed by atoms with E-state index < -0.39 is 12.5 Å². The molecule has 84 valence electrons. The van der Waals surface area contributed by atoms with Gasteiger partial charge in [0.2, 0.25) is 0 Å². The van der Waals surface area contributed by atoms with Gasteiger partial charge >= 0.3 is 0 Å². The van der Waals surface area contributed by atoms with Gasteiger partial charge in [-0.2, -0.15) is 0 Å². The van der Waals surface area contributed by atoms with E-state index in [4.69, 9.17) is 5.73 Å². The highest BCUT2D eigenvalue weighted by Crippen LogP contribution is 2.30. The number of hydrogen-bond donors (Lipinski definition) is 3. The minimum Gasteiger partial charge on any atom is -0.508 e. The molecule has 0 aliphatic carbocycles. The highest BCUT2D eigenvalue weighted by atomic mass is 19.3. The minimum absolute atomic E-state index is 0.227. The number of aromatic hydroxyl groups is 1. The fourth-order valence-electron chi connectivity index (χ4n) is 1.29. The summed E-state index contributed by atoms with van der Waals surface area (Å²) in [5.41, 5.74) is 5.19. The molecule has 0 aliphatic heterocycles. The predicted molar refractivity (Wildman–Crippen MR) is 51.7 cm³/mol. The van der Waals surface area contributed by atoms with E-state index in [1.165, 1.54) is 12.1 Å². The number of nitrogens with two attached hydrogens (primary N) is 1. The van der Waals surface area contributed by atoms with Crippen molar-refractivity contribution in [2.24, 2.45) is 5.73 Å². The molecule has 1 rings (SSSR count). The van der Waals surface area contributed by atoms with Crippen molar-refractivity contribution in [2.45, 2.75) is 19.0 Å². The first-order chi connectivity index (χ1) is 7.06. The summed E-state index contributed by atoms with van der Waals surface area (Å²) in [4.78, 5) is 0.